The fourth-order valence-electron chi connectivity index (χ4n) is 2.44. The highest BCUT2D eigenvalue weighted by atomic mass is 32.2. The average molecular weight is 412 g/mol. The van der Waals surface area contributed by atoms with E-state index < -0.39 is 26.8 Å². The van der Waals surface area contributed by atoms with Gasteiger partial charge in [0.1, 0.15) is 5.69 Å². The number of hydrogen-bond acceptors (Lipinski definition) is 4. The summed E-state index contributed by atoms with van der Waals surface area (Å²) < 4.78 is 66.0. The Kier molecular flexibility index (Phi) is 5.00. The van der Waals surface area contributed by atoms with Crippen molar-refractivity contribution >= 4 is 27.0 Å². The number of nitrogens with one attached hydrogen (secondary N) is 1. The molecule has 0 bridgehead atoms. The number of thiophene rings is 1. The molecular formula is C18H15F3N2O2S2. The second-order valence-electron chi connectivity index (χ2n) is 5.96. The normalized spacial score (nSPS) is 12.2. The quantitative estimate of drug-likeness (QED) is 0.637. The maximum absolute atomic E-state index is 12.8. The third kappa shape index (κ3) is 4.30. The maximum atomic E-state index is 12.8. The average Bonchev–Trinajstić information content (AvgIpc) is 3.02. The number of halogens is 3. The number of rotatable bonds is 4. The predicted octanol–water partition coefficient (Wildman–Crippen LogP) is 5.25. The van der Waals surface area contributed by atoms with Crippen LogP contribution in [0.2, 0.25) is 0 Å². The summed E-state index contributed by atoms with van der Waals surface area (Å²) in [4.78, 5) is 3.80. The van der Waals surface area contributed by atoms with E-state index in [0.29, 0.717) is 17.3 Å². The molecule has 0 saturated heterocycles. The van der Waals surface area contributed by atoms with E-state index in [9.17, 15) is 21.6 Å². The molecule has 0 amide bonds. The van der Waals surface area contributed by atoms with E-state index in [1.165, 1.54) is 0 Å². The standard InChI is InChI=1S/C18H15F3N2O2S2/c1-11-3-4-13(14-7-12(2)26-10-14)8-16(11)23-27(24,25)15-5-6-22-17(9-15)18(19,20)21/h3-10,23H,1-2H3. The summed E-state index contributed by atoms with van der Waals surface area (Å²) in [6.07, 6.45) is -3.90. The Labute approximate surface area is 158 Å². The molecule has 4 nitrogen and oxygen atoms in total. The highest BCUT2D eigenvalue weighted by Gasteiger charge is 2.33. The van der Waals surface area contributed by atoms with E-state index in [0.717, 1.165) is 28.3 Å². The van der Waals surface area contributed by atoms with Gasteiger partial charge in [-0.2, -0.15) is 13.2 Å². The van der Waals surface area contributed by atoms with Crippen molar-refractivity contribution in [1.82, 2.24) is 4.98 Å². The lowest BCUT2D eigenvalue weighted by Gasteiger charge is -2.13. The molecule has 0 aliphatic heterocycles. The van der Waals surface area contributed by atoms with Crippen LogP contribution in [0.3, 0.4) is 0 Å². The molecule has 0 saturated carbocycles. The minimum atomic E-state index is -4.72. The lowest BCUT2D eigenvalue weighted by molar-refractivity contribution is -0.141. The fourth-order valence-corrected chi connectivity index (χ4v) is 4.29. The zero-order valence-corrected chi connectivity index (χ0v) is 16.0. The Morgan fingerprint density at radius 1 is 1.04 bits per heavy atom. The molecule has 9 heteroatoms. The third-order valence-electron chi connectivity index (χ3n) is 3.88. The number of pyridine rings is 1. The number of hydrogen-bond donors (Lipinski definition) is 1. The van der Waals surface area contributed by atoms with E-state index in [4.69, 9.17) is 0 Å². The Hall–Kier alpha value is -2.39. The molecule has 0 aliphatic rings. The van der Waals surface area contributed by atoms with Crippen LogP contribution in [0.4, 0.5) is 18.9 Å². The van der Waals surface area contributed by atoms with Crippen molar-refractivity contribution in [2.75, 3.05) is 4.72 Å². The van der Waals surface area contributed by atoms with Crippen LogP contribution in [-0.2, 0) is 16.2 Å². The van der Waals surface area contributed by atoms with Gasteiger partial charge in [-0.1, -0.05) is 12.1 Å². The highest BCUT2D eigenvalue weighted by Crippen LogP contribution is 2.31. The number of alkyl halides is 3. The van der Waals surface area contributed by atoms with Crippen molar-refractivity contribution in [1.29, 1.82) is 0 Å². The molecule has 1 aromatic carbocycles. The maximum Gasteiger partial charge on any atom is 0.433 e. The van der Waals surface area contributed by atoms with E-state index in [2.05, 4.69) is 9.71 Å². The second-order valence-corrected chi connectivity index (χ2v) is 8.75. The first-order valence-corrected chi connectivity index (χ1v) is 10.1. The smallest absolute Gasteiger partial charge is 0.279 e. The highest BCUT2D eigenvalue weighted by molar-refractivity contribution is 7.92. The Balaban J connectivity index is 1.97. The molecule has 0 radical (unpaired) electrons. The lowest BCUT2D eigenvalue weighted by atomic mass is 10.1. The van der Waals surface area contributed by atoms with Crippen LogP contribution >= 0.6 is 11.3 Å². The minimum absolute atomic E-state index is 0.307. The topological polar surface area (TPSA) is 59.1 Å². The Morgan fingerprint density at radius 3 is 2.41 bits per heavy atom. The van der Waals surface area contributed by atoms with Crippen molar-refractivity contribution in [3.63, 3.8) is 0 Å². The molecule has 1 N–H and O–H groups in total. The van der Waals surface area contributed by atoms with Crippen LogP contribution in [0.1, 0.15) is 16.1 Å². The van der Waals surface area contributed by atoms with Crippen LogP contribution in [0.15, 0.2) is 52.9 Å². The van der Waals surface area contributed by atoms with Gasteiger partial charge in [-0.3, -0.25) is 9.71 Å². The molecule has 2 aromatic heterocycles. The number of anilines is 1. The summed E-state index contributed by atoms with van der Waals surface area (Å²) in [6.45, 7) is 3.68. The van der Waals surface area contributed by atoms with Gasteiger partial charge in [0.2, 0.25) is 0 Å². The van der Waals surface area contributed by atoms with Gasteiger partial charge in [-0.05, 0) is 60.2 Å². The van der Waals surface area contributed by atoms with Gasteiger partial charge >= 0.3 is 6.18 Å². The van der Waals surface area contributed by atoms with Gasteiger partial charge in [0.25, 0.3) is 10.0 Å². The summed E-state index contributed by atoms with van der Waals surface area (Å²) in [5, 5.41) is 1.96. The molecule has 3 aromatic rings. The molecule has 2 heterocycles. The summed E-state index contributed by atoms with van der Waals surface area (Å²) in [5.74, 6) is 0. The first-order chi connectivity index (χ1) is 12.6. The zero-order chi connectivity index (χ0) is 19.8. The van der Waals surface area contributed by atoms with Gasteiger partial charge in [0, 0.05) is 11.1 Å². The van der Waals surface area contributed by atoms with Crippen LogP contribution in [0.25, 0.3) is 11.1 Å². The van der Waals surface area contributed by atoms with Gasteiger partial charge in [-0.25, -0.2) is 8.42 Å². The van der Waals surface area contributed by atoms with Crippen molar-refractivity contribution < 1.29 is 21.6 Å². The number of aromatic nitrogens is 1. The summed E-state index contributed by atoms with van der Waals surface area (Å²) in [7, 11) is -4.20. The number of aryl methyl sites for hydroxylation is 2. The van der Waals surface area contributed by atoms with Crippen molar-refractivity contribution in [2.24, 2.45) is 0 Å². The molecular weight excluding hydrogens is 397 g/mol. The second kappa shape index (κ2) is 6.97. The summed E-state index contributed by atoms with van der Waals surface area (Å²) in [5.41, 5.74) is 1.46. The van der Waals surface area contributed by atoms with E-state index in [-0.39, 0.29) is 0 Å². The SMILES string of the molecule is Cc1cc(-c2ccc(C)c(NS(=O)(=O)c3ccnc(C(F)(F)F)c3)c2)cs1. The van der Waals surface area contributed by atoms with Gasteiger partial charge in [0.05, 0.1) is 10.6 Å². The zero-order valence-electron chi connectivity index (χ0n) is 14.3. The van der Waals surface area contributed by atoms with Crippen LogP contribution < -0.4 is 4.72 Å². The Bertz CT molecular complexity index is 1090. The first kappa shape index (κ1) is 19.4. The van der Waals surface area contributed by atoms with Crippen molar-refractivity contribution in [3.8, 4) is 11.1 Å². The van der Waals surface area contributed by atoms with Crippen molar-refractivity contribution in [2.45, 2.75) is 24.9 Å². The lowest BCUT2D eigenvalue weighted by Crippen LogP contribution is -2.16. The summed E-state index contributed by atoms with van der Waals surface area (Å²) in [6, 6.07) is 8.81. The largest absolute Gasteiger partial charge is 0.433 e. The molecule has 3 rings (SSSR count). The molecule has 0 atom stereocenters. The first-order valence-electron chi connectivity index (χ1n) is 7.78. The molecule has 27 heavy (non-hydrogen) atoms. The molecule has 142 valence electrons. The van der Waals surface area contributed by atoms with Gasteiger partial charge < -0.3 is 0 Å². The number of benzene rings is 1. The number of sulfonamides is 1. The monoisotopic (exact) mass is 412 g/mol. The molecule has 0 spiro atoms. The molecule has 0 unspecified atom stereocenters. The van der Waals surface area contributed by atoms with Gasteiger partial charge in [0.15, 0.2) is 0 Å². The predicted molar refractivity (Wildman–Crippen MR) is 99.3 cm³/mol. The van der Waals surface area contributed by atoms with Gasteiger partial charge in [-0.15, -0.1) is 11.3 Å². The van der Waals surface area contributed by atoms with E-state index in [1.54, 1.807) is 30.4 Å². The van der Waals surface area contributed by atoms with E-state index in [1.807, 2.05) is 24.4 Å². The Morgan fingerprint density at radius 2 is 1.78 bits per heavy atom. The van der Waals surface area contributed by atoms with Crippen LogP contribution in [-0.4, -0.2) is 13.4 Å². The van der Waals surface area contributed by atoms with E-state index >= 15 is 0 Å². The third-order valence-corrected chi connectivity index (χ3v) is 6.10. The molecule has 0 fully saturated rings. The molecule has 0 aliphatic carbocycles. The van der Waals surface area contributed by atoms with Crippen LogP contribution in [0.5, 0.6) is 0 Å². The minimum Gasteiger partial charge on any atom is -0.279 e. The van der Waals surface area contributed by atoms with Crippen molar-refractivity contribution in [3.05, 3.63) is 64.1 Å². The fraction of sp³-hybridized carbons (Fsp3) is 0.167. The van der Waals surface area contributed by atoms with Crippen LogP contribution in [0, 0.1) is 13.8 Å². The summed E-state index contributed by atoms with van der Waals surface area (Å²) >= 11 is 1.57. The number of nitrogens with zero attached hydrogens (tertiary/aromatic N) is 1.